The summed E-state index contributed by atoms with van der Waals surface area (Å²) in [6.45, 7) is 1.71. The smallest absolute Gasteiger partial charge is 0.254 e. The molecule has 3 fully saturated rings. The van der Waals surface area contributed by atoms with Gasteiger partial charge in [0, 0.05) is 30.7 Å². The Morgan fingerprint density at radius 3 is 2.91 bits per heavy atom. The number of nitrogens with zero attached hydrogens (tertiary/aromatic N) is 2. The number of rotatable bonds is 4. The fraction of sp³-hybridized carbons (Fsp3) is 0.556. The Labute approximate surface area is 130 Å². The normalized spacial score (nSPS) is 29.6. The van der Waals surface area contributed by atoms with Crippen LogP contribution in [-0.4, -0.2) is 36.1 Å². The predicted molar refractivity (Wildman–Crippen MR) is 81.2 cm³/mol. The number of piperidine rings is 1. The van der Waals surface area contributed by atoms with Crippen molar-refractivity contribution in [2.75, 3.05) is 13.2 Å². The first-order valence-electron chi connectivity index (χ1n) is 8.17. The molecular formula is C18H20N2O2. The number of hydrogen-bond donors (Lipinski definition) is 0. The van der Waals surface area contributed by atoms with Crippen LogP contribution in [0.15, 0.2) is 24.3 Å². The minimum absolute atomic E-state index is 0.0604. The summed E-state index contributed by atoms with van der Waals surface area (Å²) < 4.78 is 6.05. The Morgan fingerprint density at radius 2 is 2.23 bits per heavy atom. The van der Waals surface area contributed by atoms with Gasteiger partial charge in [0.05, 0.1) is 17.7 Å². The van der Waals surface area contributed by atoms with E-state index in [2.05, 4.69) is 6.07 Å². The van der Waals surface area contributed by atoms with Gasteiger partial charge in [-0.3, -0.25) is 4.79 Å². The Kier molecular flexibility index (Phi) is 3.38. The van der Waals surface area contributed by atoms with Crippen molar-refractivity contribution in [3.8, 4) is 6.07 Å². The van der Waals surface area contributed by atoms with Gasteiger partial charge in [-0.05, 0) is 49.8 Å². The maximum atomic E-state index is 12.7. The molecule has 1 aliphatic heterocycles. The summed E-state index contributed by atoms with van der Waals surface area (Å²) in [5.74, 6) is 1.35. The second-order valence-electron chi connectivity index (χ2n) is 6.85. The molecule has 1 amide bonds. The van der Waals surface area contributed by atoms with Crippen LogP contribution in [0.2, 0.25) is 0 Å². The molecule has 0 unspecified atom stereocenters. The quantitative estimate of drug-likeness (QED) is 0.858. The lowest BCUT2D eigenvalue weighted by atomic mass is 10.0. The minimum atomic E-state index is 0.0604. The van der Waals surface area contributed by atoms with Gasteiger partial charge in [0.2, 0.25) is 0 Å². The van der Waals surface area contributed by atoms with Crippen LogP contribution < -0.4 is 0 Å². The van der Waals surface area contributed by atoms with Crippen molar-refractivity contribution in [1.29, 1.82) is 5.26 Å². The van der Waals surface area contributed by atoms with E-state index >= 15 is 0 Å². The number of likely N-dealkylation sites (tertiary alicyclic amines) is 1. The molecule has 2 saturated carbocycles. The van der Waals surface area contributed by atoms with Crippen LogP contribution >= 0.6 is 0 Å². The molecule has 4 heteroatoms. The molecule has 0 N–H and O–H groups in total. The van der Waals surface area contributed by atoms with Crippen LogP contribution in [-0.2, 0) is 4.74 Å². The summed E-state index contributed by atoms with van der Waals surface area (Å²) in [5, 5.41) is 8.97. The molecule has 0 spiro atoms. The monoisotopic (exact) mass is 296 g/mol. The number of carbonyl (C=O) groups excluding carboxylic acids is 1. The second kappa shape index (κ2) is 5.40. The zero-order valence-electron chi connectivity index (χ0n) is 12.6. The van der Waals surface area contributed by atoms with Crippen LogP contribution in [0.3, 0.4) is 0 Å². The average molecular weight is 296 g/mol. The summed E-state index contributed by atoms with van der Waals surface area (Å²) in [6, 6.07) is 9.41. The van der Waals surface area contributed by atoms with E-state index in [1.165, 1.54) is 12.8 Å². The summed E-state index contributed by atoms with van der Waals surface area (Å²) in [4.78, 5) is 14.6. The Bertz CT molecular complexity index is 632. The summed E-state index contributed by atoms with van der Waals surface area (Å²) in [6.07, 6.45) is 5.03. The lowest BCUT2D eigenvalue weighted by Gasteiger charge is -2.31. The van der Waals surface area contributed by atoms with Crippen molar-refractivity contribution in [2.24, 2.45) is 11.8 Å². The number of ether oxygens (including phenoxy) is 1. The van der Waals surface area contributed by atoms with Gasteiger partial charge in [0.1, 0.15) is 0 Å². The van der Waals surface area contributed by atoms with Gasteiger partial charge in [-0.1, -0.05) is 6.07 Å². The van der Waals surface area contributed by atoms with Gasteiger partial charge >= 0.3 is 0 Å². The molecule has 114 valence electrons. The van der Waals surface area contributed by atoms with E-state index in [0.717, 1.165) is 31.9 Å². The van der Waals surface area contributed by atoms with Crippen LogP contribution in [0.5, 0.6) is 0 Å². The molecule has 3 aliphatic rings. The molecule has 4 rings (SSSR count). The van der Waals surface area contributed by atoms with Crippen molar-refractivity contribution >= 4 is 5.91 Å². The Hall–Kier alpha value is -1.86. The lowest BCUT2D eigenvalue weighted by Crippen LogP contribution is -2.42. The van der Waals surface area contributed by atoms with Crippen LogP contribution in [0.4, 0.5) is 0 Å². The van der Waals surface area contributed by atoms with Crippen molar-refractivity contribution in [3.63, 3.8) is 0 Å². The third-order valence-corrected chi connectivity index (χ3v) is 5.22. The van der Waals surface area contributed by atoms with E-state index in [1.807, 2.05) is 4.90 Å². The first kappa shape index (κ1) is 13.8. The number of hydrogen-bond acceptors (Lipinski definition) is 3. The molecule has 1 saturated heterocycles. The van der Waals surface area contributed by atoms with Gasteiger partial charge in [0.15, 0.2) is 0 Å². The van der Waals surface area contributed by atoms with E-state index in [4.69, 9.17) is 10.00 Å². The van der Waals surface area contributed by atoms with E-state index in [1.54, 1.807) is 24.3 Å². The number of nitriles is 1. The highest BCUT2D eigenvalue weighted by molar-refractivity contribution is 5.95. The highest BCUT2D eigenvalue weighted by Crippen LogP contribution is 2.41. The maximum absolute atomic E-state index is 12.7. The second-order valence-corrected chi connectivity index (χ2v) is 6.85. The summed E-state index contributed by atoms with van der Waals surface area (Å²) >= 11 is 0. The molecular weight excluding hydrogens is 276 g/mol. The van der Waals surface area contributed by atoms with Crippen molar-refractivity contribution in [3.05, 3.63) is 35.4 Å². The molecule has 2 aliphatic carbocycles. The van der Waals surface area contributed by atoms with Crippen LogP contribution in [0.25, 0.3) is 0 Å². The maximum Gasteiger partial charge on any atom is 0.254 e. The molecule has 2 bridgehead atoms. The summed E-state index contributed by atoms with van der Waals surface area (Å²) in [7, 11) is 0. The largest absolute Gasteiger partial charge is 0.377 e. The zero-order valence-corrected chi connectivity index (χ0v) is 12.6. The molecule has 0 aromatic heterocycles. The zero-order chi connectivity index (χ0) is 15.1. The van der Waals surface area contributed by atoms with Crippen molar-refractivity contribution in [1.82, 2.24) is 4.90 Å². The predicted octanol–water partition coefficient (Wildman–Crippen LogP) is 2.59. The first-order valence-corrected chi connectivity index (χ1v) is 8.17. The fourth-order valence-electron chi connectivity index (χ4n) is 3.79. The van der Waals surface area contributed by atoms with E-state index < -0.39 is 0 Å². The Balaban J connectivity index is 1.40. The van der Waals surface area contributed by atoms with E-state index in [0.29, 0.717) is 29.2 Å². The first-order chi connectivity index (χ1) is 10.7. The minimum Gasteiger partial charge on any atom is -0.377 e. The van der Waals surface area contributed by atoms with Crippen LogP contribution in [0.1, 0.15) is 41.6 Å². The highest BCUT2D eigenvalue weighted by atomic mass is 16.5. The molecule has 1 aromatic rings. The molecule has 1 aromatic carbocycles. The van der Waals surface area contributed by atoms with Gasteiger partial charge in [-0.2, -0.15) is 5.26 Å². The summed E-state index contributed by atoms with van der Waals surface area (Å²) in [5.41, 5.74) is 1.17. The topological polar surface area (TPSA) is 53.3 Å². The average Bonchev–Trinajstić information content (AvgIpc) is 3.19. The number of benzene rings is 1. The van der Waals surface area contributed by atoms with E-state index in [-0.39, 0.29) is 5.91 Å². The molecule has 1 heterocycles. The van der Waals surface area contributed by atoms with Gasteiger partial charge in [-0.15, -0.1) is 0 Å². The standard InChI is InChI=1S/C18H20N2O2/c19-9-13-2-1-3-14(6-13)18(21)20-10-15-7-16(20)8-17(15)22-11-12-4-5-12/h1-3,6,12,15-17H,4-5,7-8,10-11H2/t15-,16+,17-/m1/s1. The van der Waals surface area contributed by atoms with Gasteiger partial charge < -0.3 is 9.64 Å². The van der Waals surface area contributed by atoms with Gasteiger partial charge in [0.25, 0.3) is 5.91 Å². The highest BCUT2D eigenvalue weighted by Gasteiger charge is 2.47. The third kappa shape index (κ3) is 2.50. The van der Waals surface area contributed by atoms with E-state index in [9.17, 15) is 4.79 Å². The molecule has 3 atom stereocenters. The fourth-order valence-corrected chi connectivity index (χ4v) is 3.79. The van der Waals surface area contributed by atoms with Crippen LogP contribution in [0, 0.1) is 23.2 Å². The molecule has 0 radical (unpaired) electrons. The van der Waals surface area contributed by atoms with Crippen molar-refractivity contribution < 1.29 is 9.53 Å². The SMILES string of the molecule is N#Cc1cccc(C(=O)N2C[C@H]3C[C@H]2C[C@H]3OCC2CC2)c1. The van der Waals surface area contributed by atoms with Gasteiger partial charge in [-0.25, -0.2) is 0 Å². The Morgan fingerprint density at radius 1 is 1.36 bits per heavy atom. The lowest BCUT2D eigenvalue weighted by molar-refractivity contribution is -0.00315. The van der Waals surface area contributed by atoms with Crippen molar-refractivity contribution in [2.45, 2.75) is 37.8 Å². The number of amides is 1. The third-order valence-electron chi connectivity index (χ3n) is 5.22. The molecule has 22 heavy (non-hydrogen) atoms. The molecule has 4 nitrogen and oxygen atoms in total. The number of fused-ring (bicyclic) bond motifs is 2. The number of carbonyl (C=O) groups is 1.